The topological polar surface area (TPSA) is 55.8 Å². The molecule has 0 spiro atoms. The number of likely N-dealkylation sites (tertiary alicyclic amines) is 1. The highest BCUT2D eigenvalue weighted by Gasteiger charge is 2.59. The summed E-state index contributed by atoms with van der Waals surface area (Å²) in [7, 11) is 0. The van der Waals surface area contributed by atoms with E-state index >= 15 is 0 Å². The number of ether oxygens (including phenoxy) is 2. The molecule has 174 valence electrons. The molecule has 1 aromatic rings. The zero-order valence-corrected chi connectivity index (χ0v) is 19.9. The summed E-state index contributed by atoms with van der Waals surface area (Å²) in [5.41, 5.74) is 0.0654. The Morgan fingerprint density at radius 1 is 0.871 bits per heavy atom. The number of rotatable bonds is 14. The van der Waals surface area contributed by atoms with E-state index in [0.717, 1.165) is 19.3 Å². The molecule has 2 rings (SSSR count). The summed E-state index contributed by atoms with van der Waals surface area (Å²) < 4.78 is 10.6. The molecule has 1 aliphatic heterocycles. The van der Waals surface area contributed by atoms with Crippen LogP contribution in [0.5, 0.6) is 0 Å². The first kappa shape index (κ1) is 25.4. The number of hydrogen-bond acceptors (Lipinski definition) is 5. The zero-order chi connectivity index (χ0) is 22.7. The maximum absolute atomic E-state index is 12.8. The van der Waals surface area contributed by atoms with Crippen LogP contribution < -0.4 is 0 Å². The maximum Gasteiger partial charge on any atom is 0.326 e. The molecule has 1 saturated heterocycles. The van der Waals surface area contributed by atoms with E-state index in [1.165, 1.54) is 31.2 Å². The van der Waals surface area contributed by atoms with Crippen molar-refractivity contribution < 1.29 is 19.1 Å². The normalized spacial score (nSPS) is 17.4. The fourth-order valence-corrected chi connectivity index (χ4v) is 4.82. The van der Waals surface area contributed by atoms with Crippen molar-refractivity contribution in [2.45, 2.75) is 78.7 Å². The number of nitrogens with zero attached hydrogens (tertiary/aromatic N) is 1. The minimum absolute atomic E-state index is 0.194. The molecule has 0 bridgehead atoms. The predicted molar refractivity (Wildman–Crippen MR) is 124 cm³/mol. The van der Waals surface area contributed by atoms with Gasteiger partial charge in [-0.25, -0.2) is 0 Å². The van der Waals surface area contributed by atoms with Gasteiger partial charge in [-0.1, -0.05) is 76.3 Å². The van der Waals surface area contributed by atoms with Crippen molar-refractivity contribution in [2.75, 3.05) is 26.3 Å². The third kappa shape index (κ3) is 6.31. The van der Waals surface area contributed by atoms with Crippen LogP contribution in [0.25, 0.3) is 0 Å². The number of esters is 2. The lowest BCUT2D eigenvalue weighted by Crippen LogP contribution is -2.66. The Morgan fingerprint density at radius 2 is 1.48 bits per heavy atom. The predicted octanol–water partition coefficient (Wildman–Crippen LogP) is 5.54. The van der Waals surface area contributed by atoms with E-state index in [-0.39, 0.29) is 19.3 Å². The van der Waals surface area contributed by atoms with Gasteiger partial charge in [0, 0.05) is 19.1 Å². The van der Waals surface area contributed by atoms with E-state index in [2.05, 4.69) is 43.0 Å². The first-order valence-corrected chi connectivity index (χ1v) is 12.2. The van der Waals surface area contributed by atoms with E-state index in [9.17, 15) is 9.59 Å². The van der Waals surface area contributed by atoms with E-state index in [4.69, 9.17) is 9.47 Å². The molecule has 2 atom stereocenters. The molecule has 1 aromatic carbocycles. The second-order valence-corrected chi connectivity index (χ2v) is 8.68. The average molecular weight is 432 g/mol. The van der Waals surface area contributed by atoms with E-state index in [1.54, 1.807) is 13.8 Å². The second kappa shape index (κ2) is 12.8. The molecule has 1 aliphatic rings. The van der Waals surface area contributed by atoms with Gasteiger partial charge < -0.3 is 9.47 Å². The van der Waals surface area contributed by atoms with E-state index < -0.39 is 17.4 Å². The van der Waals surface area contributed by atoms with Crippen LogP contribution in [0, 0.1) is 11.3 Å². The van der Waals surface area contributed by atoms with Crippen LogP contribution in [0.1, 0.15) is 84.2 Å². The van der Waals surface area contributed by atoms with Crippen molar-refractivity contribution in [1.82, 2.24) is 4.90 Å². The Hall–Kier alpha value is -1.88. The van der Waals surface area contributed by atoms with Gasteiger partial charge in [0.2, 0.25) is 0 Å². The van der Waals surface area contributed by atoms with Gasteiger partial charge in [-0.15, -0.1) is 0 Å². The van der Waals surface area contributed by atoms with Crippen molar-refractivity contribution in [3.05, 3.63) is 35.9 Å². The molecule has 1 fully saturated rings. The minimum Gasteiger partial charge on any atom is -0.465 e. The summed E-state index contributed by atoms with van der Waals surface area (Å²) in [6.45, 7) is 9.26. The highest BCUT2D eigenvalue weighted by Crippen LogP contribution is 2.44. The molecule has 31 heavy (non-hydrogen) atoms. The van der Waals surface area contributed by atoms with Crippen LogP contribution in [-0.4, -0.2) is 43.1 Å². The highest BCUT2D eigenvalue weighted by molar-refractivity contribution is 6.02. The van der Waals surface area contributed by atoms with Gasteiger partial charge in [-0.2, -0.15) is 0 Å². The monoisotopic (exact) mass is 431 g/mol. The maximum atomic E-state index is 12.8. The van der Waals surface area contributed by atoms with Crippen LogP contribution in [0.2, 0.25) is 0 Å². The van der Waals surface area contributed by atoms with Gasteiger partial charge in [-0.05, 0) is 38.2 Å². The third-order valence-corrected chi connectivity index (χ3v) is 6.35. The smallest absolute Gasteiger partial charge is 0.326 e. The molecule has 1 heterocycles. The fourth-order valence-electron chi connectivity index (χ4n) is 4.82. The number of benzene rings is 1. The molecular formula is C26H41NO4. The first-order valence-electron chi connectivity index (χ1n) is 12.2. The molecule has 0 N–H and O–H groups in total. The van der Waals surface area contributed by atoms with Crippen LogP contribution in [0.3, 0.4) is 0 Å². The largest absolute Gasteiger partial charge is 0.465 e. The number of hydrogen-bond donors (Lipinski definition) is 0. The first-order chi connectivity index (χ1) is 15.0. The molecule has 5 nitrogen and oxygen atoms in total. The van der Waals surface area contributed by atoms with Crippen molar-refractivity contribution in [1.29, 1.82) is 0 Å². The number of carbonyl (C=O) groups is 2. The lowest BCUT2D eigenvalue weighted by molar-refractivity contribution is -0.189. The number of unbranched alkanes of at least 4 members (excludes halogenated alkanes) is 3. The van der Waals surface area contributed by atoms with Crippen molar-refractivity contribution in [2.24, 2.45) is 11.3 Å². The molecule has 2 unspecified atom stereocenters. The summed E-state index contributed by atoms with van der Waals surface area (Å²) in [6.07, 6.45) is 8.40. The molecule has 0 aromatic heterocycles. The molecule has 0 amide bonds. The summed E-state index contributed by atoms with van der Waals surface area (Å²) >= 11 is 0. The Balaban J connectivity index is 2.26. The summed E-state index contributed by atoms with van der Waals surface area (Å²) in [5.74, 6) is -0.412. The Bertz CT molecular complexity index is 649. The van der Waals surface area contributed by atoms with Gasteiger partial charge in [0.25, 0.3) is 0 Å². The van der Waals surface area contributed by atoms with E-state index in [0.29, 0.717) is 19.0 Å². The fraction of sp³-hybridized carbons (Fsp3) is 0.692. The standard InChI is InChI=1S/C26H41NO4/c1-5-9-10-12-16-21(15-6-2)23(22-17-13-11-14-18-22)27-19-26(20-27,24(28)30-7-3)25(29)31-8-4/h11,13-14,17-18,21,23H,5-10,12,15-16,19-20H2,1-4H3. The van der Waals surface area contributed by atoms with E-state index in [1.807, 2.05) is 6.07 Å². The summed E-state index contributed by atoms with van der Waals surface area (Å²) in [4.78, 5) is 27.8. The van der Waals surface area contributed by atoms with Crippen LogP contribution >= 0.6 is 0 Å². The van der Waals surface area contributed by atoms with Crippen LogP contribution in [0.15, 0.2) is 30.3 Å². The molecular weight excluding hydrogens is 390 g/mol. The highest BCUT2D eigenvalue weighted by atomic mass is 16.6. The Morgan fingerprint density at radius 3 is 2.00 bits per heavy atom. The summed E-state index contributed by atoms with van der Waals surface area (Å²) in [5, 5.41) is 0. The average Bonchev–Trinajstić information content (AvgIpc) is 2.74. The number of carbonyl (C=O) groups excluding carboxylic acids is 2. The lowest BCUT2D eigenvalue weighted by atomic mass is 9.74. The lowest BCUT2D eigenvalue weighted by Gasteiger charge is -2.51. The van der Waals surface area contributed by atoms with Crippen LogP contribution in [0.4, 0.5) is 0 Å². The summed E-state index contributed by atoms with van der Waals surface area (Å²) in [6, 6.07) is 10.7. The minimum atomic E-state index is -1.20. The molecule has 0 saturated carbocycles. The molecule has 0 radical (unpaired) electrons. The van der Waals surface area contributed by atoms with Gasteiger partial charge in [-0.3, -0.25) is 14.5 Å². The van der Waals surface area contributed by atoms with Gasteiger partial charge in [0.1, 0.15) is 0 Å². The Labute approximate surface area is 188 Å². The van der Waals surface area contributed by atoms with Crippen molar-refractivity contribution >= 4 is 11.9 Å². The van der Waals surface area contributed by atoms with Crippen LogP contribution in [-0.2, 0) is 19.1 Å². The van der Waals surface area contributed by atoms with Gasteiger partial charge in [0.15, 0.2) is 5.41 Å². The van der Waals surface area contributed by atoms with Gasteiger partial charge >= 0.3 is 11.9 Å². The molecule has 5 heteroatoms. The SMILES string of the molecule is CCCCCCC(CCC)C(c1ccccc1)N1CC(C(=O)OCC)(C(=O)OCC)C1. The van der Waals surface area contributed by atoms with Gasteiger partial charge in [0.05, 0.1) is 13.2 Å². The second-order valence-electron chi connectivity index (χ2n) is 8.68. The third-order valence-electron chi connectivity index (χ3n) is 6.35. The zero-order valence-electron chi connectivity index (χ0n) is 19.9. The quantitative estimate of drug-likeness (QED) is 0.220. The van der Waals surface area contributed by atoms with Crippen molar-refractivity contribution in [3.63, 3.8) is 0 Å². The molecule has 0 aliphatic carbocycles. The van der Waals surface area contributed by atoms with Crippen molar-refractivity contribution in [3.8, 4) is 0 Å². The Kier molecular flexibility index (Phi) is 10.5.